The predicted molar refractivity (Wildman–Crippen MR) is 74.3 cm³/mol. The zero-order valence-corrected chi connectivity index (χ0v) is 12.3. The number of rotatable bonds is 7. The lowest BCUT2D eigenvalue weighted by Gasteiger charge is -2.22. The summed E-state index contributed by atoms with van der Waals surface area (Å²) in [5, 5.41) is 3.60. The lowest BCUT2D eigenvalue weighted by atomic mass is 10.0. The van der Waals surface area contributed by atoms with E-state index in [1.165, 1.54) is 7.11 Å². The van der Waals surface area contributed by atoms with Crippen LogP contribution in [0.5, 0.6) is 5.75 Å². The molecule has 6 heteroatoms. The molecule has 0 saturated carbocycles. The van der Waals surface area contributed by atoms with Crippen molar-refractivity contribution in [3.8, 4) is 5.75 Å². The van der Waals surface area contributed by atoms with E-state index >= 15 is 0 Å². The minimum absolute atomic E-state index is 0.0415. The minimum Gasteiger partial charge on any atom is -0.496 e. The highest BCUT2D eigenvalue weighted by Crippen LogP contribution is 2.33. The third-order valence-corrected chi connectivity index (χ3v) is 3.16. The number of hydrogen-bond acceptors (Lipinski definition) is 2. The molecule has 1 rings (SSSR count). The molecule has 0 aliphatic carbocycles. The van der Waals surface area contributed by atoms with Crippen LogP contribution in [0.15, 0.2) is 18.2 Å². The van der Waals surface area contributed by atoms with E-state index in [0.717, 1.165) is 6.42 Å². The summed E-state index contributed by atoms with van der Waals surface area (Å²) in [7, 11) is 1.49. The number of benzene rings is 1. The van der Waals surface area contributed by atoms with E-state index in [1.54, 1.807) is 18.2 Å². The van der Waals surface area contributed by atoms with Gasteiger partial charge in [0.2, 0.25) is 0 Å². The molecule has 0 aliphatic heterocycles. The standard InChI is InChI=1S/C14H19ClF3NO/c1-3-8-19-12(6-7-14(16,17)18)11-9-10(15)4-5-13(11)20-2/h4-5,9,12,19H,3,6-8H2,1-2H3. The van der Waals surface area contributed by atoms with Crippen LogP contribution in [-0.2, 0) is 0 Å². The fourth-order valence-corrected chi connectivity index (χ4v) is 2.15. The Morgan fingerprint density at radius 1 is 1.35 bits per heavy atom. The summed E-state index contributed by atoms with van der Waals surface area (Å²) in [4.78, 5) is 0. The Balaban J connectivity index is 2.94. The van der Waals surface area contributed by atoms with Gasteiger partial charge in [-0.3, -0.25) is 0 Å². The Hall–Kier alpha value is -0.940. The molecule has 114 valence electrons. The van der Waals surface area contributed by atoms with Crippen molar-refractivity contribution in [2.24, 2.45) is 0 Å². The van der Waals surface area contributed by atoms with E-state index < -0.39 is 18.6 Å². The Bertz CT molecular complexity index is 423. The van der Waals surface area contributed by atoms with Crippen LogP contribution in [0.1, 0.15) is 37.8 Å². The molecule has 2 nitrogen and oxygen atoms in total. The van der Waals surface area contributed by atoms with Crippen molar-refractivity contribution in [2.75, 3.05) is 13.7 Å². The molecule has 20 heavy (non-hydrogen) atoms. The van der Waals surface area contributed by atoms with E-state index in [0.29, 0.717) is 22.9 Å². The van der Waals surface area contributed by atoms with Gasteiger partial charge in [0.05, 0.1) is 7.11 Å². The third-order valence-electron chi connectivity index (χ3n) is 2.92. The molecular formula is C14H19ClF3NO. The van der Waals surface area contributed by atoms with Crippen LogP contribution in [0, 0.1) is 0 Å². The highest BCUT2D eigenvalue weighted by atomic mass is 35.5. The van der Waals surface area contributed by atoms with Crippen molar-refractivity contribution >= 4 is 11.6 Å². The van der Waals surface area contributed by atoms with Crippen molar-refractivity contribution < 1.29 is 17.9 Å². The summed E-state index contributed by atoms with van der Waals surface area (Å²) in [5.74, 6) is 0.546. The van der Waals surface area contributed by atoms with Crippen LogP contribution in [0.25, 0.3) is 0 Å². The van der Waals surface area contributed by atoms with Gasteiger partial charge in [0, 0.05) is 23.0 Å². The second-order valence-corrected chi connectivity index (χ2v) is 4.98. The van der Waals surface area contributed by atoms with Crippen LogP contribution >= 0.6 is 11.6 Å². The Morgan fingerprint density at radius 3 is 2.60 bits per heavy atom. The SMILES string of the molecule is CCCNC(CCC(F)(F)F)c1cc(Cl)ccc1OC. The molecule has 1 atom stereocenters. The van der Waals surface area contributed by atoms with Crippen LogP contribution < -0.4 is 10.1 Å². The lowest BCUT2D eigenvalue weighted by Crippen LogP contribution is -2.24. The summed E-state index contributed by atoms with van der Waals surface area (Å²) in [6, 6.07) is 4.56. The summed E-state index contributed by atoms with van der Waals surface area (Å²) in [5.41, 5.74) is 0.665. The molecular weight excluding hydrogens is 291 g/mol. The van der Waals surface area contributed by atoms with Crippen molar-refractivity contribution in [2.45, 2.75) is 38.4 Å². The zero-order valence-electron chi connectivity index (χ0n) is 11.6. The van der Waals surface area contributed by atoms with Crippen molar-refractivity contribution in [1.82, 2.24) is 5.32 Å². The molecule has 0 bridgehead atoms. The average Bonchev–Trinajstić information content (AvgIpc) is 2.37. The number of ether oxygens (including phenoxy) is 1. The number of hydrogen-bond donors (Lipinski definition) is 1. The first-order valence-corrected chi connectivity index (χ1v) is 6.88. The molecule has 0 amide bonds. The van der Waals surface area contributed by atoms with Crippen molar-refractivity contribution in [1.29, 1.82) is 0 Å². The van der Waals surface area contributed by atoms with Gasteiger partial charge < -0.3 is 10.1 Å². The van der Waals surface area contributed by atoms with Gasteiger partial charge in [-0.2, -0.15) is 13.2 Å². The molecule has 0 radical (unpaired) electrons. The smallest absolute Gasteiger partial charge is 0.389 e. The molecule has 1 aromatic carbocycles. The molecule has 1 N–H and O–H groups in total. The number of halogens is 4. The van der Waals surface area contributed by atoms with Gasteiger partial charge >= 0.3 is 6.18 Å². The number of alkyl halides is 3. The van der Waals surface area contributed by atoms with E-state index in [4.69, 9.17) is 16.3 Å². The first-order chi connectivity index (χ1) is 9.37. The second-order valence-electron chi connectivity index (χ2n) is 4.55. The van der Waals surface area contributed by atoms with E-state index in [2.05, 4.69) is 5.32 Å². The third kappa shape index (κ3) is 5.59. The Labute approximate surface area is 122 Å². The highest BCUT2D eigenvalue weighted by Gasteiger charge is 2.29. The second kappa shape index (κ2) is 7.74. The molecule has 0 heterocycles. The first-order valence-electron chi connectivity index (χ1n) is 6.51. The van der Waals surface area contributed by atoms with Gasteiger partial charge in [0.25, 0.3) is 0 Å². The number of methoxy groups -OCH3 is 1. The Kier molecular flexibility index (Phi) is 6.62. The maximum Gasteiger partial charge on any atom is 0.389 e. The maximum atomic E-state index is 12.4. The topological polar surface area (TPSA) is 21.3 Å². The maximum absolute atomic E-state index is 12.4. The zero-order chi connectivity index (χ0) is 15.2. The fourth-order valence-electron chi connectivity index (χ4n) is 1.97. The average molecular weight is 310 g/mol. The predicted octanol–water partition coefficient (Wildman–Crippen LogP) is 4.73. The van der Waals surface area contributed by atoms with E-state index in [-0.39, 0.29) is 6.42 Å². The summed E-state index contributed by atoms with van der Waals surface area (Å²) in [6.45, 7) is 2.60. The summed E-state index contributed by atoms with van der Waals surface area (Å²) < 4.78 is 42.5. The highest BCUT2D eigenvalue weighted by molar-refractivity contribution is 6.30. The van der Waals surface area contributed by atoms with E-state index in [9.17, 15) is 13.2 Å². The van der Waals surface area contributed by atoms with Gasteiger partial charge in [-0.05, 0) is 37.6 Å². The van der Waals surface area contributed by atoms with Crippen LogP contribution in [-0.4, -0.2) is 19.8 Å². The molecule has 1 unspecified atom stereocenters. The Morgan fingerprint density at radius 2 is 2.05 bits per heavy atom. The molecule has 0 spiro atoms. The quantitative estimate of drug-likeness (QED) is 0.786. The van der Waals surface area contributed by atoms with Crippen LogP contribution in [0.2, 0.25) is 5.02 Å². The fraction of sp³-hybridized carbons (Fsp3) is 0.571. The normalized spacial score (nSPS) is 13.3. The monoisotopic (exact) mass is 309 g/mol. The molecule has 0 aliphatic rings. The van der Waals surface area contributed by atoms with Gasteiger partial charge in [0.15, 0.2) is 0 Å². The van der Waals surface area contributed by atoms with Gasteiger partial charge in [-0.25, -0.2) is 0 Å². The molecule has 0 fully saturated rings. The van der Waals surface area contributed by atoms with Crippen molar-refractivity contribution in [3.05, 3.63) is 28.8 Å². The summed E-state index contributed by atoms with van der Waals surface area (Å²) >= 11 is 5.94. The minimum atomic E-state index is -4.17. The van der Waals surface area contributed by atoms with Gasteiger partial charge in [-0.1, -0.05) is 18.5 Å². The summed E-state index contributed by atoms with van der Waals surface area (Å²) in [6.07, 6.45) is -4.21. The molecule has 0 saturated heterocycles. The van der Waals surface area contributed by atoms with Crippen LogP contribution in [0.3, 0.4) is 0 Å². The largest absolute Gasteiger partial charge is 0.496 e. The number of nitrogens with one attached hydrogen (secondary N) is 1. The molecule has 1 aromatic rings. The van der Waals surface area contributed by atoms with E-state index in [1.807, 2.05) is 6.92 Å². The van der Waals surface area contributed by atoms with Crippen molar-refractivity contribution in [3.63, 3.8) is 0 Å². The molecule has 0 aromatic heterocycles. The lowest BCUT2D eigenvalue weighted by molar-refractivity contribution is -0.136. The first kappa shape index (κ1) is 17.1. The van der Waals surface area contributed by atoms with Gasteiger partial charge in [-0.15, -0.1) is 0 Å². The van der Waals surface area contributed by atoms with Crippen LogP contribution in [0.4, 0.5) is 13.2 Å². The van der Waals surface area contributed by atoms with Gasteiger partial charge in [0.1, 0.15) is 5.75 Å².